The van der Waals surface area contributed by atoms with Gasteiger partial charge in [-0.3, -0.25) is 0 Å². The fraction of sp³-hybridized carbons (Fsp3) is 0.571. The number of benzene rings is 1. The van der Waals surface area contributed by atoms with Crippen LogP contribution in [0.4, 0.5) is 0 Å². The van der Waals surface area contributed by atoms with Gasteiger partial charge in [-0.15, -0.1) is 0 Å². The maximum absolute atomic E-state index is 3.55. The second-order valence-electron chi connectivity index (χ2n) is 5.10. The van der Waals surface area contributed by atoms with Crippen LogP contribution in [0.2, 0.25) is 0 Å². The van der Waals surface area contributed by atoms with Crippen LogP contribution in [-0.2, 0) is 6.54 Å². The van der Waals surface area contributed by atoms with Crippen molar-refractivity contribution < 1.29 is 0 Å². The Morgan fingerprint density at radius 3 is 2.76 bits per heavy atom. The number of nitrogens with one attached hydrogen (secondary N) is 1. The first kappa shape index (κ1) is 13.1. The standard InChI is InChI=1S/C14H21BrN2/c1-11-7-12(9-13(15)8-11)10-17(2)6-5-16-14-3-4-14/h7-9,14,16H,3-6,10H2,1-2H3. The molecule has 0 amide bonds. The second-order valence-corrected chi connectivity index (χ2v) is 6.02. The number of hydrogen-bond donors (Lipinski definition) is 1. The zero-order valence-electron chi connectivity index (χ0n) is 10.7. The lowest BCUT2D eigenvalue weighted by atomic mass is 10.1. The van der Waals surface area contributed by atoms with Crippen molar-refractivity contribution in [1.82, 2.24) is 10.2 Å². The van der Waals surface area contributed by atoms with E-state index in [9.17, 15) is 0 Å². The molecule has 3 heteroatoms. The Balaban J connectivity index is 1.77. The van der Waals surface area contributed by atoms with Gasteiger partial charge in [0.2, 0.25) is 0 Å². The SMILES string of the molecule is Cc1cc(Br)cc(CN(C)CCNC2CC2)c1. The van der Waals surface area contributed by atoms with E-state index in [0.29, 0.717) is 0 Å². The Labute approximate surface area is 113 Å². The first-order valence-corrected chi connectivity index (χ1v) is 7.11. The minimum atomic E-state index is 0.816. The van der Waals surface area contributed by atoms with Crippen LogP contribution in [0.5, 0.6) is 0 Å². The van der Waals surface area contributed by atoms with Crippen LogP contribution in [0, 0.1) is 6.92 Å². The van der Waals surface area contributed by atoms with Gasteiger partial charge in [0.05, 0.1) is 0 Å². The Bertz CT molecular complexity index is 354. The van der Waals surface area contributed by atoms with Gasteiger partial charge in [-0.1, -0.05) is 22.0 Å². The van der Waals surface area contributed by atoms with Crippen molar-refractivity contribution >= 4 is 15.9 Å². The zero-order valence-corrected chi connectivity index (χ0v) is 12.3. The van der Waals surface area contributed by atoms with Crippen LogP contribution in [0.3, 0.4) is 0 Å². The lowest BCUT2D eigenvalue weighted by Gasteiger charge is -2.17. The zero-order chi connectivity index (χ0) is 12.3. The largest absolute Gasteiger partial charge is 0.313 e. The lowest BCUT2D eigenvalue weighted by molar-refractivity contribution is 0.324. The van der Waals surface area contributed by atoms with Gasteiger partial charge in [0, 0.05) is 30.1 Å². The molecule has 1 aliphatic carbocycles. The van der Waals surface area contributed by atoms with Gasteiger partial charge < -0.3 is 10.2 Å². The second kappa shape index (κ2) is 5.98. The van der Waals surface area contributed by atoms with Crippen molar-refractivity contribution in [3.63, 3.8) is 0 Å². The van der Waals surface area contributed by atoms with E-state index in [1.807, 2.05) is 0 Å². The molecule has 1 aromatic carbocycles. The van der Waals surface area contributed by atoms with E-state index in [4.69, 9.17) is 0 Å². The summed E-state index contributed by atoms with van der Waals surface area (Å²) in [5.74, 6) is 0. The summed E-state index contributed by atoms with van der Waals surface area (Å²) in [4.78, 5) is 2.37. The van der Waals surface area contributed by atoms with Crippen LogP contribution in [0.1, 0.15) is 24.0 Å². The fourth-order valence-corrected chi connectivity index (χ4v) is 2.70. The maximum Gasteiger partial charge on any atom is 0.0231 e. The van der Waals surface area contributed by atoms with Crippen LogP contribution in [-0.4, -0.2) is 31.1 Å². The minimum absolute atomic E-state index is 0.816. The number of hydrogen-bond acceptors (Lipinski definition) is 2. The number of aryl methyl sites for hydroxylation is 1. The highest BCUT2D eigenvalue weighted by atomic mass is 79.9. The van der Waals surface area contributed by atoms with Crippen LogP contribution in [0.15, 0.2) is 22.7 Å². The van der Waals surface area contributed by atoms with Crippen molar-refractivity contribution in [2.75, 3.05) is 20.1 Å². The minimum Gasteiger partial charge on any atom is -0.313 e. The number of rotatable bonds is 6. The molecule has 0 atom stereocenters. The van der Waals surface area contributed by atoms with Gasteiger partial charge in [0.15, 0.2) is 0 Å². The van der Waals surface area contributed by atoms with Crippen molar-refractivity contribution in [1.29, 1.82) is 0 Å². The summed E-state index contributed by atoms with van der Waals surface area (Å²) >= 11 is 3.55. The molecule has 0 aromatic heterocycles. The van der Waals surface area contributed by atoms with Gasteiger partial charge in [-0.2, -0.15) is 0 Å². The number of halogens is 1. The number of nitrogens with zero attached hydrogens (tertiary/aromatic N) is 1. The fourth-order valence-electron chi connectivity index (χ4n) is 2.04. The molecular formula is C14H21BrN2. The molecule has 1 aliphatic rings. The van der Waals surface area contributed by atoms with Gasteiger partial charge in [0.25, 0.3) is 0 Å². The van der Waals surface area contributed by atoms with Crippen molar-refractivity contribution in [2.24, 2.45) is 0 Å². The quantitative estimate of drug-likeness (QED) is 0.868. The van der Waals surface area contributed by atoms with Crippen molar-refractivity contribution in [2.45, 2.75) is 32.4 Å². The molecule has 1 fully saturated rings. The van der Waals surface area contributed by atoms with Gasteiger partial charge in [0.1, 0.15) is 0 Å². The summed E-state index contributed by atoms with van der Waals surface area (Å²) in [6.45, 7) is 5.38. The summed E-state index contributed by atoms with van der Waals surface area (Å²) in [5, 5.41) is 3.55. The van der Waals surface area contributed by atoms with Crippen molar-refractivity contribution in [3.8, 4) is 0 Å². The molecule has 0 unspecified atom stereocenters. The molecule has 94 valence electrons. The smallest absolute Gasteiger partial charge is 0.0231 e. The molecule has 2 rings (SSSR count). The van der Waals surface area contributed by atoms with Gasteiger partial charge >= 0.3 is 0 Å². The molecule has 17 heavy (non-hydrogen) atoms. The van der Waals surface area contributed by atoms with E-state index in [1.54, 1.807) is 0 Å². The predicted molar refractivity (Wildman–Crippen MR) is 76.2 cm³/mol. The Kier molecular flexibility index (Phi) is 4.60. The summed E-state index contributed by atoms with van der Waals surface area (Å²) in [6, 6.07) is 7.43. The Morgan fingerprint density at radius 1 is 1.35 bits per heavy atom. The first-order valence-electron chi connectivity index (χ1n) is 6.31. The summed E-state index contributed by atoms with van der Waals surface area (Å²) in [5.41, 5.74) is 2.70. The third-order valence-electron chi connectivity index (χ3n) is 3.06. The molecule has 0 saturated heterocycles. The molecule has 1 aromatic rings. The molecule has 0 heterocycles. The molecule has 0 spiro atoms. The Morgan fingerprint density at radius 2 is 2.12 bits per heavy atom. The third kappa shape index (κ3) is 4.78. The average Bonchev–Trinajstić information content (AvgIpc) is 2.99. The molecular weight excluding hydrogens is 276 g/mol. The molecule has 2 nitrogen and oxygen atoms in total. The molecule has 1 saturated carbocycles. The van der Waals surface area contributed by atoms with E-state index in [-0.39, 0.29) is 0 Å². The average molecular weight is 297 g/mol. The highest BCUT2D eigenvalue weighted by Gasteiger charge is 2.19. The normalized spacial score (nSPS) is 15.5. The topological polar surface area (TPSA) is 15.3 Å². The van der Waals surface area contributed by atoms with Gasteiger partial charge in [-0.05, 0) is 50.1 Å². The monoisotopic (exact) mass is 296 g/mol. The summed E-state index contributed by atoms with van der Waals surface area (Å²) < 4.78 is 1.18. The van der Waals surface area contributed by atoms with Gasteiger partial charge in [-0.25, -0.2) is 0 Å². The highest BCUT2D eigenvalue weighted by molar-refractivity contribution is 9.10. The molecule has 0 aliphatic heterocycles. The van der Waals surface area contributed by atoms with Crippen LogP contribution < -0.4 is 5.32 Å². The molecule has 0 radical (unpaired) electrons. The predicted octanol–water partition coefficient (Wildman–Crippen LogP) is 2.94. The van der Waals surface area contributed by atoms with E-state index in [0.717, 1.165) is 25.7 Å². The first-order chi connectivity index (χ1) is 8.13. The third-order valence-corrected chi connectivity index (χ3v) is 3.52. The van der Waals surface area contributed by atoms with E-state index >= 15 is 0 Å². The molecule has 1 N–H and O–H groups in total. The van der Waals surface area contributed by atoms with E-state index in [2.05, 4.69) is 58.3 Å². The van der Waals surface area contributed by atoms with Crippen molar-refractivity contribution in [3.05, 3.63) is 33.8 Å². The van der Waals surface area contributed by atoms with Crippen LogP contribution in [0.25, 0.3) is 0 Å². The van der Waals surface area contributed by atoms with Crippen LogP contribution >= 0.6 is 15.9 Å². The van der Waals surface area contributed by atoms with E-state index in [1.165, 1.54) is 28.4 Å². The summed E-state index contributed by atoms with van der Waals surface area (Å²) in [7, 11) is 2.19. The maximum atomic E-state index is 3.55. The summed E-state index contributed by atoms with van der Waals surface area (Å²) in [6.07, 6.45) is 2.74. The number of likely N-dealkylation sites (N-methyl/N-ethyl adjacent to an activating group) is 1. The molecule has 0 bridgehead atoms. The highest BCUT2D eigenvalue weighted by Crippen LogP contribution is 2.18. The lowest BCUT2D eigenvalue weighted by Crippen LogP contribution is -2.30. The van der Waals surface area contributed by atoms with E-state index < -0.39 is 0 Å². The Hall–Kier alpha value is -0.380.